The van der Waals surface area contributed by atoms with Gasteiger partial charge in [0.2, 0.25) is 0 Å². The van der Waals surface area contributed by atoms with Gasteiger partial charge < -0.3 is 0 Å². The lowest BCUT2D eigenvalue weighted by Crippen LogP contribution is -2.35. The standard InChI is InChI=1S/C13H18N2OS/c1-2-5-11-6-3-7-12(10-11)13(16)14-15-8-4-9-17-15/h3,6-7,10H,2,4-5,8-9H2,1H3,(H,14,16). The third kappa shape index (κ3) is 3.48. The first kappa shape index (κ1) is 12.5. The van der Waals surface area contributed by atoms with Crippen molar-refractivity contribution in [1.29, 1.82) is 0 Å². The van der Waals surface area contributed by atoms with E-state index >= 15 is 0 Å². The van der Waals surface area contributed by atoms with Gasteiger partial charge in [-0.15, -0.1) is 0 Å². The average molecular weight is 250 g/mol. The summed E-state index contributed by atoms with van der Waals surface area (Å²) in [6.45, 7) is 3.08. The number of hydrogen-bond acceptors (Lipinski definition) is 3. The van der Waals surface area contributed by atoms with Crippen molar-refractivity contribution in [3.63, 3.8) is 0 Å². The quantitative estimate of drug-likeness (QED) is 0.834. The highest BCUT2D eigenvalue weighted by atomic mass is 32.2. The summed E-state index contributed by atoms with van der Waals surface area (Å²) in [6, 6.07) is 7.89. The van der Waals surface area contributed by atoms with Crippen molar-refractivity contribution in [3.05, 3.63) is 35.4 Å². The molecule has 0 atom stereocenters. The van der Waals surface area contributed by atoms with Gasteiger partial charge in [-0.3, -0.25) is 10.2 Å². The minimum atomic E-state index is -0.00245. The zero-order chi connectivity index (χ0) is 12.1. The molecule has 1 amide bonds. The number of carbonyl (C=O) groups excluding carboxylic acids is 1. The molecule has 0 aliphatic carbocycles. The second-order valence-corrected chi connectivity index (χ2v) is 5.29. The summed E-state index contributed by atoms with van der Waals surface area (Å²) < 4.78 is 1.93. The summed E-state index contributed by atoms with van der Waals surface area (Å²) in [5.74, 6) is 1.09. The Morgan fingerprint density at radius 3 is 3.12 bits per heavy atom. The fraction of sp³-hybridized carbons (Fsp3) is 0.462. The monoisotopic (exact) mass is 250 g/mol. The Balaban J connectivity index is 1.99. The van der Waals surface area contributed by atoms with E-state index in [1.54, 1.807) is 11.9 Å². The Labute approximate surface area is 107 Å². The largest absolute Gasteiger partial charge is 0.275 e. The maximum atomic E-state index is 12.0. The molecule has 1 aliphatic heterocycles. The van der Waals surface area contributed by atoms with Crippen molar-refractivity contribution in [2.24, 2.45) is 0 Å². The first-order valence-corrected chi connectivity index (χ1v) is 7.04. The highest BCUT2D eigenvalue weighted by Gasteiger charge is 2.15. The normalized spacial score (nSPS) is 16.1. The van der Waals surface area contributed by atoms with Gasteiger partial charge in [-0.1, -0.05) is 37.4 Å². The smallest absolute Gasteiger partial charge is 0.266 e. The van der Waals surface area contributed by atoms with Crippen molar-refractivity contribution in [2.75, 3.05) is 12.3 Å². The van der Waals surface area contributed by atoms with Gasteiger partial charge in [0, 0.05) is 17.9 Å². The van der Waals surface area contributed by atoms with Crippen LogP contribution in [0.1, 0.15) is 35.7 Å². The Kier molecular flexibility index (Phi) is 4.45. The molecule has 0 radical (unpaired) electrons. The number of nitrogens with zero attached hydrogens (tertiary/aromatic N) is 1. The van der Waals surface area contributed by atoms with E-state index in [0.717, 1.165) is 37.1 Å². The number of hydrazine groups is 1. The highest BCUT2D eigenvalue weighted by molar-refractivity contribution is 7.97. The van der Waals surface area contributed by atoms with Gasteiger partial charge in [-0.05, 0) is 30.5 Å². The predicted octanol–water partition coefficient (Wildman–Crippen LogP) is 2.64. The molecule has 2 rings (SSSR count). The zero-order valence-corrected chi connectivity index (χ0v) is 10.9. The number of amides is 1. The number of carbonyl (C=O) groups is 1. The van der Waals surface area contributed by atoms with Crippen molar-refractivity contribution >= 4 is 17.9 Å². The van der Waals surface area contributed by atoms with Crippen LogP contribution in [0.25, 0.3) is 0 Å². The van der Waals surface area contributed by atoms with Crippen molar-refractivity contribution in [2.45, 2.75) is 26.2 Å². The van der Waals surface area contributed by atoms with E-state index in [1.807, 2.05) is 22.6 Å². The Morgan fingerprint density at radius 2 is 2.41 bits per heavy atom. The van der Waals surface area contributed by atoms with Gasteiger partial charge in [0.15, 0.2) is 0 Å². The molecule has 1 fully saturated rings. The molecule has 1 aromatic rings. The molecule has 0 unspecified atom stereocenters. The van der Waals surface area contributed by atoms with Crippen LogP contribution in [-0.4, -0.2) is 22.6 Å². The molecule has 0 spiro atoms. The molecule has 4 heteroatoms. The number of benzene rings is 1. The zero-order valence-electron chi connectivity index (χ0n) is 10.1. The first-order chi connectivity index (χ1) is 8.29. The van der Waals surface area contributed by atoms with E-state index in [2.05, 4.69) is 18.4 Å². The molecule has 0 bridgehead atoms. The number of rotatable bonds is 4. The van der Waals surface area contributed by atoms with Crippen LogP contribution in [-0.2, 0) is 6.42 Å². The number of nitrogens with one attached hydrogen (secondary N) is 1. The van der Waals surface area contributed by atoms with Crippen LogP contribution in [0.2, 0.25) is 0 Å². The summed E-state index contributed by atoms with van der Waals surface area (Å²) in [4.78, 5) is 12.0. The molecule has 1 heterocycles. The van der Waals surface area contributed by atoms with Gasteiger partial charge in [-0.2, -0.15) is 4.41 Å². The van der Waals surface area contributed by atoms with Crippen LogP contribution in [0.15, 0.2) is 24.3 Å². The molecular weight excluding hydrogens is 232 g/mol. The van der Waals surface area contributed by atoms with E-state index in [0.29, 0.717) is 0 Å². The Hall–Kier alpha value is -1.00. The molecule has 92 valence electrons. The SMILES string of the molecule is CCCc1cccc(C(=O)NN2CCCS2)c1. The number of aryl methyl sites for hydroxylation is 1. The second-order valence-electron chi connectivity index (χ2n) is 4.18. The van der Waals surface area contributed by atoms with Crippen LogP contribution < -0.4 is 5.43 Å². The topological polar surface area (TPSA) is 32.3 Å². The summed E-state index contributed by atoms with van der Waals surface area (Å²) >= 11 is 1.68. The van der Waals surface area contributed by atoms with Gasteiger partial charge in [-0.25, -0.2) is 0 Å². The lowest BCUT2D eigenvalue weighted by atomic mass is 10.1. The third-order valence-electron chi connectivity index (χ3n) is 2.71. The molecule has 0 saturated carbocycles. The fourth-order valence-corrected chi connectivity index (χ4v) is 2.75. The molecule has 1 aromatic carbocycles. The summed E-state index contributed by atoms with van der Waals surface area (Å²) in [5.41, 5.74) is 4.91. The maximum absolute atomic E-state index is 12.0. The predicted molar refractivity (Wildman–Crippen MR) is 71.7 cm³/mol. The average Bonchev–Trinajstić information content (AvgIpc) is 2.83. The molecule has 0 aromatic heterocycles. The van der Waals surface area contributed by atoms with Crippen molar-refractivity contribution < 1.29 is 4.79 Å². The third-order valence-corrected chi connectivity index (χ3v) is 3.76. The van der Waals surface area contributed by atoms with Crippen LogP contribution in [0.3, 0.4) is 0 Å². The van der Waals surface area contributed by atoms with Gasteiger partial charge in [0.25, 0.3) is 5.91 Å². The Morgan fingerprint density at radius 1 is 1.53 bits per heavy atom. The first-order valence-electron chi connectivity index (χ1n) is 6.10. The lowest BCUT2D eigenvalue weighted by molar-refractivity contribution is 0.0891. The molecule has 17 heavy (non-hydrogen) atoms. The second kappa shape index (κ2) is 6.07. The summed E-state index contributed by atoms with van der Waals surface area (Å²) in [5, 5.41) is 0. The molecule has 3 nitrogen and oxygen atoms in total. The molecule has 1 saturated heterocycles. The molecule has 1 N–H and O–H groups in total. The van der Waals surface area contributed by atoms with E-state index in [9.17, 15) is 4.79 Å². The minimum Gasteiger partial charge on any atom is -0.275 e. The van der Waals surface area contributed by atoms with Crippen LogP contribution in [0, 0.1) is 0 Å². The van der Waals surface area contributed by atoms with E-state index in [1.165, 1.54) is 5.56 Å². The maximum Gasteiger partial charge on any atom is 0.266 e. The van der Waals surface area contributed by atoms with Crippen LogP contribution >= 0.6 is 11.9 Å². The van der Waals surface area contributed by atoms with Crippen LogP contribution in [0.5, 0.6) is 0 Å². The highest BCUT2D eigenvalue weighted by Crippen LogP contribution is 2.17. The summed E-state index contributed by atoms with van der Waals surface area (Å²) in [7, 11) is 0. The molecular formula is C13H18N2OS. The Bertz CT molecular complexity index is 389. The molecule has 1 aliphatic rings. The van der Waals surface area contributed by atoms with E-state index in [-0.39, 0.29) is 5.91 Å². The van der Waals surface area contributed by atoms with Gasteiger partial charge >= 0.3 is 0 Å². The van der Waals surface area contributed by atoms with Gasteiger partial charge in [0.1, 0.15) is 0 Å². The van der Waals surface area contributed by atoms with Crippen molar-refractivity contribution in [3.8, 4) is 0 Å². The fourth-order valence-electron chi connectivity index (χ4n) is 1.87. The van der Waals surface area contributed by atoms with E-state index in [4.69, 9.17) is 0 Å². The minimum absolute atomic E-state index is 0.00245. The van der Waals surface area contributed by atoms with E-state index < -0.39 is 0 Å². The van der Waals surface area contributed by atoms with Crippen molar-refractivity contribution in [1.82, 2.24) is 9.84 Å². The van der Waals surface area contributed by atoms with Gasteiger partial charge in [0.05, 0.1) is 0 Å². The summed E-state index contributed by atoms with van der Waals surface area (Å²) in [6.07, 6.45) is 3.27. The van der Waals surface area contributed by atoms with Crippen LogP contribution in [0.4, 0.5) is 0 Å². The lowest BCUT2D eigenvalue weighted by Gasteiger charge is -2.15. The number of hydrogen-bond donors (Lipinski definition) is 1.